The van der Waals surface area contributed by atoms with E-state index in [0.717, 1.165) is 42.5 Å². The number of unbranched alkanes of at least 4 members (excludes halogenated alkanes) is 2. The summed E-state index contributed by atoms with van der Waals surface area (Å²) >= 11 is 1.63. The number of aliphatic hydroxyl groups is 1. The molecule has 4 rings (SSSR count). The minimum Gasteiger partial charge on any atom is -0.465 e. The van der Waals surface area contributed by atoms with Gasteiger partial charge in [0.25, 0.3) is 5.91 Å². The van der Waals surface area contributed by atoms with Crippen molar-refractivity contribution >= 4 is 35.2 Å². The van der Waals surface area contributed by atoms with E-state index in [0.29, 0.717) is 13.0 Å². The number of amides is 2. The number of aliphatic hydroxyl groups excluding tert-OH is 1. The Kier molecular flexibility index (Phi) is 9.51. The highest BCUT2D eigenvalue weighted by molar-refractivity contribution is 8.02. The molecule has 3 unspecified atom stereocenters. The van der Waals surface area contributed by atoms with Crippen molar-refractivity contribution in [1.82, 2.24) is 4.90 Å². The summed E-state index contributed by atoms with van der Waals surface area (Å²) in [6, 6.07) is 4.67. The molecule has 7 atom stereocenters. The Morgan fingerprint density at radius 3 is 2.67 bits per heavy atom. The summed E-state index contributed by atoms with van der Waals surface area (Å²) in [5.41, 5.74) is 2.77. The van der Waals surface area contributed by atoms with Crippen LogP contribution in [0.5, 0.6) is 0 Å². The molecule has 0 aromatic heterocycles. The molecule has 3 fully saturated rings. The van der Waals surface area contributed by atoms with E-state index in [1.807, 2.05) is 45.0 Å². The van der Waals surface area contributed by atoms with Crippen LogP contribution in [0.2, 0.25) is 0 Å². The van der Waals surface area contributed by atoms with Crippen LogP contribution in [-0.2, 0) is 19.1 Å². The lowest BCUT2D eigenvalue weighted by Crippen LogP contribution is -2.59. The van der Waals surface area contributed by atoms with E-state index in [4.69, 9.17) is 4.74 Å². The van der Waals surface area contributed by atoms with Gasteiger partial charge < -0.3 is 19.6 Å². The van der Waals surface area contributed by atoms with Gasteiger partial charge in [-0.15, -0.1) is 24.9 Å². The highest BCUT2D eigenvalue weighted by Gasteiger charge is 2.77. The van der Waals surface area contributed by atoms with Crippen molar-refractivity contribution in [3.63, 3.8) is 0 Å². The van der Waals surface area contributed by atoms with Gasteiger partial charge >= 0.3 is 5.97 Å². The first-order valence-electron chi connectivity index (χ1n) is 14.6. The lowest BCUT2D eigenvalue weighted by molar-refractivity contribution is -0.155. The molecule has 218 valence electrons. The van der Waals surface area contributed by atoms with E-state index in [1.54, 1.807) is 27.6 Å². The Morgan fingerprint density at radius 1 is 1.27 bits per heavy atom. The third kappa shape index (κ3) is 5.02. The number of anilines is 1. The van der Waals surface area contributed by atoms with Gasteiger partial charge in [-0.2, -0.15) is 0 Å². The number of fused-ring (bicyclic) bond motifs is 1. The first-order valence-corrected chi connectivity index (χ1v) is 15.4. The van der Waals surface area contributed by atoms with Crippen LogP contribution < -0.4 is 4.90 Å². The number of allylic oxidation sites excluding steroid dienone is 1. The number of thioether (sulfide) groups is 1. The monoisotopic (exact) mass is 568 g/mol. The summed E-state index contributed by atoms with van der Waals surface area (Å²) in [5.74, 6) is -1.97. The van der Waals surface area contributed by atoms with Crippen molar-refractivity contribution in [2.24, 2.45) is 17.8 Å². The smallest absolute Gasteiger partial charge is 0.310 e. The first-order chi connectivity index (χ1) is 19.2. The van der Waals surface area contributed by atoms with Crippen LogP contribution in [0.4, 0.5) is 5.69 Å². The number of nitrogens with zero attached hydrogens (tertiary/aromatic N) is 2. The molecule has 0 radical (unpaired) electrons. The Bertz CT molecular complexity index is 1150. The lowest BCUT2D eigenvalue weighted by Gasteiger charge is -2.42. The molecule has 0 saturated carbocycles. The van der Waals surface area contributed by atoms with Crippen molar-refractivity contribution in [3.05, 3.63) is 54.6 Å². The second kappa shape index (κ2) is 12.5. The molecule has 40 heavy (non-hydrogen) atoms. The van der Waals surface area contributed by atoms with Gasteiger partial charge in [0.1, 0.15) is 6.04 Å². The molecule has 3 aliphatic rings. The van der Waals surface area contributed by atoms with Crippen LogP contribution in [0.1, 0.15) is 57.1 Å². The van der Waals surface area contributed by atoms with Gasteiger partial charge in [-0.3, -0.25) is 14.4 Å². The van der Waals surface area contributed by atoms with Gasteiger partial charge in [0.15, 0.2) is 0 Å². The largest absolute Gasteiger partial charge is 0.465 e. The second-order valence-electron chi connectivity index (χ2n) is 11.5. The maximum Gasteiger partial charge on any atom is 0.310 e. The molecule has 3 aliphatic heterocycles. The molecule has 1 aromatic rings. The van der Waals surface area contributed by atoms with Crippen LogP contribution in [0.15, 0.2) is 43.5 Å². The summed E-state index contributed by atoms with van der Waals surface area (Å²) in [7, 11) is 0. The molecule has 1 aromatic carbocycles. The average molecular weight is 569 g/mol. The fraction of sp³-hybridized carbons (Fsp3) is 0.594. The van der Waals surface area contributed by atoms with E-state index >= 15 is 0 Å². The molecule has 8 heteroatoms. The summed E-state index contributed by atoms with van der Waals surface area (Å²) in [5, 5.41) is 10.3. The van der Waals surface area contributed by atoms with Gasteiger partial charge in [-0.1, -0.05) is 38.1 Å². The van der Waals surface area contributed by atoms with Crippen molar-refractivity contribution in [2.45, 2.75) is 81.9 Å². The number of carbonyl (C=O) groups excluding carboxylic acids is 3. The molecule has 1 N–H and O–H groups in total. The van der Waals surface area contributed by atoms with E-state index in [-0.39, 0.29) is 42.1 Å². The molecular weight excluding hydrogens is 524 g/mol. The second-order valence-corrected chi connectivity index (χ2v) is 13.1. The molecule has 2 amide bonds. The fourth-order valence-corrected chi connectivity index (χ4v) is 9.46. The third-order valence-corrected chi connectivity index (χ3v) is 11.1. The maximum absolute atomic E-state index is 14.8. The van der Waals surface area contributed by atoms with Gasteiger partial charge in [-0.05, 0) is 69.1 Å². The Balaban J connectivity index is 1.76. The van der Waals surface area contributed by atoms with E-state index in [2.05, 4.69) is 20.1 Å². The number of benzene rings is 1. The zero-order valence-electron chi connectivity index (χ0n) is 24.3. The van der Waals surface area contributed by atoms with E-state index < -0.39 is 28.7 Å². The molecule has 1 spiro atoms. The zero-order chi connectivity index (χ0) is 29.2. The van der Waals surface area contributed by atoms with E-state index in [9.17, 15) is 19.5 Å². The van der Waals surface area contributed by atoms with Crippen LogP contribution in [0, 0.1) is 31.6 Å². The Hall–Kier alpha value is -2.58. The van der Waals surface area contributed by atoms with Crippen LogP contribution in [0.3, 0.4) is 0 Å². The fourth-order valence-electron chi connectivity index (χ4n) is 7.07. The van der Waals surface area contributed by atoms with Crippen molar-refractivity contribution in [1.29, 1.82) is 0 Å². The normalized spacial score (nSPS) is 29.3. The summed E-state index contributed by atoms with van der Waals surface area (Å²) in [6.07, 6.45) is 7.28. The summed E-state index contributed by atoms with van der Waals surface area (Å²) in [6.45, 7) is 16.0. The van der Waals surface area contributed by atoms with Crippen LogP contribution >= 0.6 is 11.8 Å². The Morgan fingerprint density at radius 2 is 2.02 bits per heavy atom. The number of ether oxygens (including phenoxy) is 1. The summed E-state index contributed by atoms with van der Waals surface area (Å²) in [4.78, 5) is 46.0. The minimum atomic E-state index is -0.808. The number of aryl methyl sites for hydroxylation is 2. The van der Waals surface area contributed by atoms with Gasteiger partial charge in [0.2, 0.25) is 5.91 Å². The van der Waals surface area contributed by atoms with E-state index in [1.165, 1.54) is 0 Å². The van der Waals surface area contributed by atoms with Gasteiger partial charge in [0, 0.05) is 17.5 Å². The topological polar surface area (TPSA) is 87.1 Å². The van der Waals surface area contributed by atoms with Crippen molar-refractivity contribution < 1.29 is 24.2 Å². The average Bonchev–Trinajstić information content (AvgIpc) is 3.53. The Labute approximate surface area is 243 Å². The predicted molar refractivity (Wildman–Crippen MR) is 160 cm³/mol. The predicted octanol–water partition coefficient (Wildman–Crippen LogP) is 4.83. The third-order valence-electron chi connectivity index (χ3n) is 9.04. The standard InChI is InChI=1S/C32H44N2O5S/c1-7-10-11-12-16-39-31(38)26-25-18-22(6)32(40-25)27(26)29(36)34(23(9-3)19-35)28(32)30(37)33(15-8-2)24-17-20(4)13-14-21(24)5/h7-8,13-14,17,22-23,25-28,35H,1-2,9-12,15-16,18-19H2,3-6H3/t22?,23-,25+,26-,27-,28?,32?/m0/s1. The summed E-state index contributed by atoms with van der Waals surface area (Å²) < 4.78 is 4.95. The first kappa shape index (κ1) is 30.4. The number of hydrogen-bond acceptors (Lipinski definition) is 6. The number of esters is 1. The quantitative estimate of drug-likeness (QED) is 0.208. The number of likely N-dealkylation sites (tertiary alicyclic amines) is 1. The number of hydrogen-bond donors (Lipinski definition) is 1. The molecule has 0 aliphatic carbocycles. The highest BCUT2D eigenvalue weighted by atomic mass is 32.2. The molecule has 3 saturated heterocycles. The van der Waals surface area contributed by atoms with Crippen LogP contribution in [0.25, 0.3) is 0 Å². The molecular formula is C32H44N2O5S. The van der Waals surface area contributed by atoms with Crippen molar-refractivity contribution in [3.8, 4) is 0 Å². The molecule has 7 nitrogen and oxygen atoms in total. The zero-order valence-corrected chi connectivity index (χ0v) is 25.1. The maximum atomic E-state index is 14.8. The van der Waals surface area contributed by atoms with Gasteiger partial charge in [0.05, 0.1) is 35.8 Å². The SMILES string of the molecule is C=CCCCCOC(=O)[C@@H]1[C@H]2C(=O)N([C@@H](CC)CO)C(C(=O)N(CC=C)c3cc(C)ccc3C)C23S[C@@H]1CC3C. The van der Waals surface area contributed by atoms with Crippen LogP contribution in [-0.4, -0.2) is 69.6 Å². The number of rotatable bonds is 13. The molecule has 3 heterocycles. The molecule has 2 bridgehead atoms. The lowest BCUT2D eigenvalue weighted by atomic mass is 9.66. The van der Waals surface area contributed by atoms with Crippen molar-refractivity contribution in [2.75, 3.05) is 24.7 Å². The highest BCUT2D eigenvalue weighted by Crippen LogP contribution is 2.69. The minimum absolute atomic E-state index is 0.0347. The number of carbonyl (C=O) groups is 3. The van der Waals surface area contributed by atoms with Gasteiger partial charge in [-0.25, -0.2) is 0 Å².